The first kappa shape index (κ1) is 19.5. The maximum absolute atomic E-state index is 12.7. The molecule has 0 aliphatic carbocycles. The predicted molar refractivity (Wildman–Crippen MR) is 41.3 cm³/mol. The Morgan fingerprint density at radius 1 is 0.500 bits per heavy atom. The van der Waals surface area contributed by atoms with Crippen LogP contribution in [-0.2, 0) is 9.05 Å². The summed E-state index contributed by atoms with van der Waals surface area (Å²) >= 11 is 0. The number of hydrogen-bond donors (Lipinski definition) is 0. The molecule has 0 atom stereocenters. The Morgan fingerprint density at radius 2 is 0.682 bits per heavy atom. The monoisotopic (exact) mass is 383 g/mol. The van der Waals surface area contributed by atoms with Crippen molar-refractivity contribution >= 4 is 8.69 Å². The number of halogens is 13. The minimum atomic E-state index is -7.34. The van der Waals surface area contributed by atoms with Crippen molar-refractivity contribution in [3.8, 4) is 0 Å². The van der Waals surface area contributed by atoms with Gasteiger partial charge in [-0.05, 0) is 0 Å². The highest BCUT2D eigenvalue weighted by atomic mass is 31.2. The highest BCUT2D eigenvalue weighted by Gasteiger charge is 3.03. The molecule has 0 aromatic rings. The first-order valence-electron chi connectivity index (χ1n) is 4.52. The van der Waals surface area contributed by atoms with E-state index in [0.717, 1.165) is 0 Å². The Kier molecular flexibility index (Phi) is 4.18. The summed E-state index contributed by atoms with van der Waals surface area (Å²) in [6, 6.07) is 0. The van der Waals surface area contributed by atoms with Crippen LogP contribution >= 0.6 is 8.69 Å². The van der Waals surface area contributed by atoms with Gasteiger partial charge < -0.3 is 0 Å². The Morgan fingerprint density at radius 3 is 0.818 bits per heavy atom. The fourth-order valence-electron chi connectivity index (χ4n) is 1.76. The minimum Gasteiger partial charge on any atom is -0.167 e. The van der Waals surface area contributed by atoms with Crippen LogP contribution in [0, 0.1) is 0 Å². The SMILES string of the molecule is F[PH+]1OC(C(F)(F)F)(C(F)(F)F)C(C(F)(F)F)(C(F)(F)F)O1. The quantitative estimate of drug-likeness (QED) is 0.447. The van der Waals surface area contributed by atoms with Gasteiger partial charge in [0.2, 0.25) is 0 Å². The van der Waals surface area contributed by atoms with Gasteiger partial charge in [0, 0.05) is 4.20 Å². The van der Waals surface area contributed by atoms with E-state index in [1.165, 1.54) is 0 Å². The molecular weight excluding hydrogens is 382 g/mol. The van der Waals surface area contributed by atoms with Gasteiger partial charge in [0.15, 0.2) is 0 Å². The van der Waals surface area contributed by atoms with Gasteiger partial charge >= 0.3 is 44.6 Å². The zero-order valence-electron chi connectivity index (χ0n) is 9.23. The summed E-state index contributed by atoms with van der Waals surface area (Å²) in [6.45, 7) is 0. The Balaban J connectivity index is 3.95. The van der Waals surface area contributed by atoms with E-state index in [4.69, 9.17) is 0 Å². The summed E-state index contributed by atoms with van der Waals surface area (Å²) in [5.41, 5.74) is -14.0. The summed E-state index contributed by atoms with van der Waals surface area (Å²) in [7, 11) is -5.68. The molecule has 0 N–H and O–H groups in total. The van der Waals surface area contributed by atoms with E-state index in [9.17, 15) is 56.9 Å². The lowest BCUT2D eigenvalue weighted by Gasteiger charge is -2.41. The molecule has 1 aliphatic heterocycles. The van der Waals surface area contributed by atoms with Crippen molar-refractivity contribution in [3.05, 3.63) is 0 Å². The molecule has 0 spiro atoms. The van der Waals surface area contributed by atoms with E-state index in [1.807, 2.05) is 0 Å². The molecule has 1 fully saturated rings. The number of alkyl halides is 12. The van der Waals surface area contributed by atoms with E-state index < -0.39 is 44.6 Å². The zero-order valence-corrected chi connectivity index (χ0v) is 10.2. The van der Waals surface area contributed by atoms with E-state index in [0.29, 0.717) is 0 Å². The lowest BCUT2D eigenvalue weighted by Crippen LogP contribution is -2.79. The maximum Gasteiger partial charge on any atom is 0.457 e. The van der Waals surface area contributed by atoms with Gasteiger partial charge in [-0.1, -0.05) is 0 Å². The summed E-state index contributed by atoms with van der Waals surface area (Å²) in [6.07, 6.45) is -29.4. The number of hydrogen-bond acceptors (Lipinski definition) is 2. The Hall–Kier alpha value is -0.560. The Labute approximate surface area is 112 Å². The third-order valence-electron chi connectivity index (χ3n) is 2.56. The van der Waals surface area contributed by atoms with E-state index in [2.05, 4.69) is 9.05 Å². The maximum atomic E-state index is 12.7. The van der Waals surface area contributed by atoms with Gasteiger partial charge in [-0.15, -0.1) is 9.05 Å². The fraction of sp³-hybridized carbons (Fsp3) is 1.00. The van der Waals surface area contributed by atoms with Crippen LogP contribution in [0.5, 0.6) is 0 Å². The van der Waals surface area contributed by atoms with Crippen molar-refractivity contribution in [2.75, 3.05) is 0 Å². The van der Waals surface area contributed by atoms with E-state index >= 15 is 0 Å². The molecule has 0 aromatic carbocycles. The predicted octanol–water partition coefficient (Wildman–Crippen LogP) is 4.69. The van der Waals surface area contributed by atoms with Crippen molar-refractivity contribution in [1.29, 1.82) is 0 Å². The third-order valence-corrected chi connectivity index (χ3v) is 3.49. The third kappa shape index (κ3) is 2.23. The van der Waals surface area contributed by atoms with Crippen LogP contribution in [0.3, 0.4) is 0 Å². The molecule has 132 valence electrons. The molecule has 0 unspecified atom stereocenters. The standard InChI is InChI=1S/C6HF13O2P/c7-3(8,9)1(4(10,11)12)2(5(13,14)15,6(16,17)18)21-22(19)20-1/h22H/q+1. The van der Waals surface area contributed by atoms with E-state index in [-0.39, 0.29) is 0 Å². The van der Waals surface area contributed by atoms with Crippen molar-refractivity contribution in [1.82, 2.24) is 0 Å². The first-order valence-corrected chi connectivity index (χ1v) is 5.72. The molecule has 1 aliphatic rings. The van der Waals surface area contributed by atoms with Crippen LogP contribution < -0.4 is 0 Å². The lowest BCUT2D eigenvalue weighted by molar-refractivity contribution is -0.464. The van der Waals surface area contributed by atoms with Gasteiger partial charge in [0.25, 0.3) is 0 Å². The van der Waals surface area contributed by atoms with Gasteiger partial charge in [-0.2, -0.15) is 52.7 Å². The summed E-state index contributed by atoms with van der Waals surface area (Å²) in [5, 5.41) is 0. The molecule has 2 nitrogen and oxygen atoms in total. The summed E-state index contributed by atoms with van der Waals surface area (Å²) in [5.74, 6) is 0. The van der Waals surface area contributed by atoms with Crippen LogP contribution in [0.15, 0.2) is 0 Å². The van der Waals surface area contributed by atoms with Crippen molar-refractivity contribution < 1.29 is 65.9 Å². The average Bonchev–Trinajstić information content (AvgIpc) is 2.49. The molecule has 1 heterocycles. The van der Waals surface area contributed by atoms with Crippen LogP contribution in [0.1, 0.15) is 0 Å². The molecule has 0 radical (unpaired) electrons. The Bertz CT molecular complexity index is 362. The van der Waals surface area contributed by atoms with Gasteiger partial charge in [-0.25, -0.2) is 0 Å². The lowest BCUT2D eigenvalue weighted by atomic mass is 9.79. The first-order chi connectivity index (χ1) is 9.35. The molecule has 1 rings (SSSR count). The second-order valence-corrected chi connectivity index (χ2v) is 4.68. The van der Waals surface area contributed by atoms with Crippen LogP contribution in [-0.4, -0.2) is 35.9 Å². The zero-order chi connectivity index (χ0) is 18.0. The van der Waals surface area contributed by atoms with Crippen molar-refractivity contribution in [3.63, 3.8) is 0 Å². The van der Waals surface area contributed by atoms with Crippen LogP contribution in [0.2, 0.25) is 0 Å². The fourth-order valence-corrected chi connectivity index (χ4v) is 3.03. The second kappa shape index (κ2) is 4.72. The number of rotatable bonds is 0. The van der Waals surface area contributed by atoms with Crippen LogP contribution in [0.4, 0.5) is 56.9 Å². The molecular formula is C6HF13O2P+. The normalized spacial score (nSPS) is 23.9. The molecule has 0 saturated carbocycles. The topological polar surface area (TPSA) is 18.5 Å². The molecule has 0 aromatic heterocycles. The summed E-state index contributed by atoms with van der Waals surface area (Å²) < 4.78 is 168. The summed E-state index contributed by atoms with van der Waals surface area (Å²) in [4.78, 5) is 0. The van der Waals surface area contributed by atoms with Crippen molar-refractivity contribution in [2.24, 2.45) is 0 Å². The molecule has 22 heavy (non-hydrogen) atoms. The molecule has 0 bridgehead atoms. The van der Waals surface area contributed by atoms with Crippen LogP contribution in [0.25, 0.3) is 0 Å². The van der Waals surface area contributed by atoms with Gasteiger partial charge in [0.05, 0.1) is 0 Å². The van der Waals surface area contributed by atoms with Gasteiger partial charge in [0.1, 0.15) is 0 Å². The highest BCUT2D eigenvalue weighted by Crippen LogP contribution is 2.74. The molecule has 1 saturated heterocycles. The minimum absolute atomic E-state index is 2.47. The second-order valence-electron chi connectivity index (χ2n) is 3.80. The molecule has 16 heteroatoms. The highest BCUT2D eigenvalue weighted by molar-refractivity contribution is 7.41. The smallest absolute Gasteiger partial charge is 0.167 e. The molecule has 0 amide bonds. The largest absolute Gasteiger partial charge is 0.457 e. The average molecular weight is 383 g/mol. The van der Waals surface area contributed by atoms with Gasteiger partial charge in [-0.3, -0.25) is 0 Å². The van der Waals surface area contributed by atoms with E-state index in [1.54, 1.807) is 0 Å². The van der Waals surface area contributed by atoms with Crippen molar-refractivity contribution in [2.45, 2.75) is 35.9 Å².